The van der Waals surface area contributed by atoms with E-state index >= 15 is 0 Å². The van der Waals surface area contributed by atoms with Gasteiger partial charge in [0.15, 0.2) is 17.2 Å². The average molecular weight is 366 g/mol. The number of hydrogen-bond donors (Lipinski definition) is 4. The van der Waals surface area contributed by atoms with Gasteiger partial charge in [0.2, 0.25) is 0 Å². The van der Waals surface area contributed by atoms with Crippen molar-refractivity contribution in [3.63, 3.8) is 0 Å². The van der Waals surface area contributed by atoms with Crippen LogP contribution in [0.15, 0.2) is 11.3 Å². The van der Waals surface area contributed by atoms with Gasteiger partial charge in [0.1, 0.15) is 16.9 Å². The van der Waals surface area contributed by atoms with E-state index in [9.17, 15) is 30.0 Å². The molecule has 0 amide bonds. The summed E-state index contributed by atoms with van der Waals surface area (Å²) in [6.45, 7) is 10.4. The summed E-state index contributed by atoms with van der Waals surface area (Å²) in [5, 5.41) is 44.3. The summed E-state index contributed by atoms with van der Waals surface area (Å²) in [6, 6.07) is 0. The number of carbonyl (C=O) groups excluding carboxylic acids is 2. The molecule has 0 spiro atoms. The van der Waals surface area contributed by atoms with Crippen molar-refractivity contribution < 1.29 is 30.0 Å². The molecular weight excluding hydrogens is 336 g/mol. The molecule has 6 heteroatoms. The predicted octanol–water partition coefficient (Wildman–Crippen LogP) is 1.52. The Bertz CT molecular complexity index is 712. The topological polar surface area (TPSA) is 115 Å². The zero-order chi connectivity index (χ0) is 20.0. The Morgan fingerprint density at radius 1 is 1.23 bits per heavy atom. The van der Waals surface area contributed by atoms with E-state index in [1.54, 1.807) is 27.7 Å². The minimum absolute atomic E-state index is 0.0433. The van der Waals surface area contributed by atoms with Crippen molar-refractivity contribution in [3.8, 4) is 0 Å². The first kappa shape index (κ1) is 19.5. The Morgan fingerprint density at radius 3 is 2.23 bits per heavy atom. The third-order valence-corrected chi connectivity index (χ3v) is 7.31. The van der Waals surface area contributed by atoms with Gasteiger partial charge < -0.3 is 20.4 Å². The molecule has 0 heterocycles. The molecule has 6 nitrogen and oxygen atoms in total. The molecule has 4 N–H and O–H groups in total. The van der Waals surface area contributed by atoms with Crippen LogP contribution in [0.4, 0.5) is 0 Å². The predicted molar refractivity (Wildman–Crippen MR) is 94.2 cm³/mol. The molecule has 0 unspecified atom stereocenters. The molecule has 0 aromatic rings. The van der Waals surface area contributed by atoms with E-state index in [2.05, 4.69) is 0 Å². The number of allylic oxidation sites excluding steroid dienone is 1. The Hall–Kier alpha value is -1.24. The largest absolute Gasteiger partial charge is 0.508 e. The van der Waals surface area contributed by atoms with Crippen LogP contribution < -0.4 is 0 Å². The van der Waals surface area contributed by atoms with E-state index in [4.69, 9.17) is 0 Å². The van der Waals surface area contributed by atoms with Crippen molar-refractivity contribution in [1.29, 1.82) is 0 Å². The Balaban J connectivity index is 2.15. The van der Waals surface area contributed by atoms with Crippen molar-refractivity contribution in [2.24, 2.45) is 29.1 Å². The fraction of sp³-hybridized carbons (Fsp3) is 0.800. The maximum Gasteiger partial charge on any atom is 0.176 e. The molecular formula is C20H30O6. The number of ketones is 2. The van der Waals surface area contributed by atoms with Gasteiger partial charge in [-0.05, 0) is 43.9 Å². The third-order valence-electron chi connectivity index (χ3n) is 7.31. The molecule has 2 fully saturated rings. The highest BCUT2D eigenvalue weighted by molar-refractivity contribution is 6.24. The van der Waals surface area contributed by atoms with Crippen LogP contribution in [0.3, 0.4) is 0 Å². The Kier molecular flexibility index (Phi) is 3.89. The van der Waals surface area contributed by atoms with Crippen molar-refractivity contribution in [1.82, 2.24) is 0 Å². The van der Waals surface area contributed by atoms with E-state index in [0.717, 1.165) is 0 Å². The van der Waals surface area contributed by atoms with Crippen LogP contribution in [-0.4, -0.2) is 48.8 Å². The summed E-state index contributed by atoms with van der Waals surface area (Å²) >= 11 is 0. The van der Waals surface area contributed by atoms with E-state index in [1.165, 1.54) is 0 Å². The van der Waals surface area contributed by atoms with Crippen LogP contribution in [0.25, 0.3) is 0 Å². The first-order chi connectivity index (χ1) is 11.6. The smallest absolute Gasteiger partial charge is 0.176 e. The average Bonchev–Trinajstić information content (AvgIpc) is 2.93. The number of carbonyl (C=O) groups is 2. The maximum atomic E-state index is 12.9. The Labute approximate surface area is 153 Å². The zero-order valence-corrected chi connectivity index (χ0v) is 16.3. The molecule has 5 atom stereocenters. The maximum absolute atomic E-state index is 12.9. The molecule has 0 bridgehead atoms. The van der Waals surface area contributed by atoms with Crippen molar-refractivity contribution in [3.05, 3.63) is 11.3 Å². The van der Waals surface area contributed by atoms with E-state index in [1.807, 2.05) is 13.8 Å². The molecule has 0 saturated heterocycles. The summed E-state index contributed by atoms with van der Waals surface area (Å²) in [7, 11) is 0. The van der Waals surface area contributed by atoms with Gasteiger partial charge in [-0.15, -0.1) is 0 Å². The second-order valence-electron chi connectivity index (χ2n) is 9.87. The highest BCUT2D eigenvalue weighted by Gasteiger charge is 2.78. The van der Waals surface area contributed by atoms with Gasteiger partial charge in [-0.2, -0.15) is 0 Å². The lowest BCUT2D eigenvalue weighted by Gasteiger charge is -2.39. The molecule has 26 heavy (non-hydrogen) atoms. The fourth-order valence-electron chi connectivity index (χ4n) is 6.04. The summed E-state index contributed by atoms with van der Waals surface area (Å²) in [5.41, 5.74) is -5.98. The molecule has 3 rings (SSSR count). The number of aliphatic hydroxyl groups excluding tert-OH is 1. The van der Waals surface area contributed by atoms with Crippen LogP contribution in [0.5, 0.6) is 0 Å². The van der Waals surface area contributed by atoms with Gasteiger partial charge in [-0.1, -0.05) is 27.7 Å². The van der Waals surface area contributed by atoms with E-state index in [0.29, 0.717) is 0 Å². The minimum Gasteiger partial charge on any atom is -0.508 e. The first-order valence-corrected chi connectivity index (χ1v) is 9.31. The van der Waals surface area contributed by atoms with E-state index < -0.39 is 57.3 Å². The molecule has 3 aliphatic carbocycles. The van der Waals surface area contributed by atoms with Gasteiger partial charge >= 0.3 is 0 Å². The molecule has 3 aliphatic rings. The number of aliphatic hydroxyl groups is 4. The molecule has 146 valence electrons. The lowest BCUT2D eigenvalue weighted by atomic mass is 9.68. The lowest BCUT2D eigenvalue weighted by molar-refractivity contribution is -0.157. The normalized spacial score (nSPS) is 41.8. The zero-order valence-electron chi connectivity index (χ0n) is 16.3. The van der Waals surface area contributed by atoms with Crippen LogP contribution in [0.1, 0.15) is 54.4 Å². The van der Waals surface area contributed by atoms with Gasteiger partial charge in [-0.25, -0.2) is 0 Å². The molecule has 0 radical (unpaired) electrons. The van der Waals surface area contributed by atoms with Crippen LogP contribution >= 0.6 is 0 Å². The van der Waals surface area contributed by atoms with Gasteiger partial charge in [0, 0.05) is 5.92 Å². The van der Waals surface area contributed by atoms with Crippen LogP contribution in [0.2, 0.25) is 0 Å². The first-order valence-electron chi connectivity index (χ1n) is 9.31. The van der Waals surface area contributed by atoms with Crippen LogP contribution in [0, 0.1) is 29.1 Å². The van der Waals surface area contributed by atoms with Crippen molar-refractivity contribution >= 4 is 11.6 Å². The van der Waals surface area contributed by atoms with Crippen molar-refractivity contribution in [2.75, 3.05) is 0 Å². The SMILES string of the molecule is CC(C)C(=O)C1=C(O)[C@@]2(O)[C@H](C[C@H]3C(C)(C)[C@@H](C(C)(C)O)C[C@]32O)C1=O. The molecule has 2 saturated carbocycles. The van der Waals surface area contributed by atoms with Gasteiger partial charge in [0.25, 0.3) is 0 Å². The van der Waals surface area contributed by atoms with Crippen LogP contribution in [-0.2, 0) is 9.59 Å². The molecule has 0 aromatic carbocycles. The monoisotopic (exact) mass is 366 g/mol. The minimum atomic E-state index is -2.17. The summed E-state index contributed by atoms with van der Waals surface area (Å²) < 4.78 is 0. The molecule has 0 aromatic heterocycles. The number of fused-ring (bicyclic) bond motifs is 3. The third kappa shape index (κ3) is 2.04. The van der Waals surface area contributed by atoms with Gasteiger partial charge in [0.05, 0.1) is 11.5 Å². The van der Waals surface area contributed by atoms with E-state index in [-0.39, 0.29) is 24.3 Å². The number of Topliss-reactive ketones (excluding diaryl/α,β-unsaturated/α-hetero) is 2. The summed E-state index contributed by atoms with van der Waals surface area (Å²) in [4.78, 5) is 25.3. The number of hydrogen-bond acceptors (Lipinski definition) is 6. The second kappa shape index (κ2) is 5.18. The molecule has 0 aliphatic heterocycles. The summed E-state index contributed by atoms with van der Waals surface area (Å²) in [5.74, 6) is -4.16. The standard InChI is InChI=1S/C20H30O6/c1-9(2)14(21)13-15(22)10-7-11-17(3,4)12(18(5,6)24)8-19(11,25)20(10,26)16(13)23/h9-12,23-26H,7-8H2,1-6H3/t10-,11+,12+,19+,20+/m1/s1. The fourth-order valence-corrected chi connectivity index (χ4v) is 6.04. The lowest BCUT2D eigenvalue weighted by Crippen LogP contribution is -2.55. The van der Waals surface area contributed by atoms with Gasteiger partial charge in [-0.3, -0.25) is 9.59 Å². The second-order valence-corrected chi connectivity index (χ2v) is 9.87. The highest BCUT2D eigenvalue weighted by atomic mass is 16.4. The summed E-state index contributed by atoms with van der Waals surface area (Å²) in [6.07, 6.45) is 0.214. The highest BCUT2D eigenvalue weighted by Crippen LogP contribution is 2.69. The number of rotatable bonds is 3. The Morgan fingerprint density at radius 2 is 1.77 bits per heavy atom. The quantitative estimate of drug-likeness (QED) is 0.563. The van der Waals surface area contributed by atoms with Crippen molar-refractivity contribution in [2.45, 2.75) is 71.2 Å².